The van der Waals surface area contributed by atoms with Crippen LogP contribution in [-0.2, 0) is 20.3 Å². The molecular formula is C23H38O4Si. The normalized spacial score (nSPS) is 30.4. The molecule has 2 aliphatic rings. The summed E-state index contributed by atoms with van der Waals surface area (Å²) in [7, 11) is -1.81. The number of hydrogen-bond donors (Lipinski definition) is 1. The lowest BCUT2D eigenvalue weighted by Crippen LogP contribution is -2.52. The van der Waals surface area contributed by atoms with Crippen LogP contribution < -0.4 is 0 Å². The van der Waals surface area contributed by atoms with Crippen LogP contribution in [0.2, 0.25) is 13.1 Å². The lowest BCUT2D eigenvalue weighted by molar-refractivity contribution is -0.152. The zero-order valence-electron chi connectivity index (χ0n) is 18.2. The molecule has 28 heavy (non-hydrogen) atoms. The second-order valence-corrected chi connectivity index (χ2v) is 14.6. The largest absolute Gasteiger partial charge is 0.387 e. The minimum Gasteiger partial charge on any atom is -0.387 e. The first-order valence-corrected chi connectivity index (χ1v) is 14.1. The van der Waals surface area contributed by atoms with Crippen molar-refractivity contribution >= 4 is 8.07 Å². The molecule has 0 saturated carbocycles. The molecular weight excluding hydrogens is 368 g/mol. The first-order chi connectivity index (χ1) is 13.2. The highest BCUT2D eigenvalue weighted by molar-refractivity contribution is 6.80. The van der Waals surface area contributed by atoms with Gasteiger partial charge in [0.15, 0.2) is 5.79 Å². The quantitative estimate of drug-likeness (QED) is 0.349. The minimum atomic E-state index is -1.81. The molecule has 2 fully saturated rings. The second-order valence-electron chi connectivity index (χ2n) is 9.64. The van der Waals surface area contributed by atoms with E-state index < -0.39 is 20.0 Å². The molecule has 0 unspecified atom stereocenters. The second kappa shape index (κ2) is 8.56. The Labute approximate surface area is 171 Å². The van der Waals surface area contributed by atoms with Crippen LogP contribution in [0, 0.1) is 0 Å². The summed E-state index contributed by atoms with van der Waals surface area (Å²) in [4.78, 5) is 0. The topological polar surface area (TPSA) is 51.2 Å². The van der Waals surface area contributed by atoms with Crippen LogP contribution in [0.1, 0.15) is 58.4 Å². The van der Waals surface area contributed by atoms with Crippen molar-refractivity contribution in [1.29, 1.82) is 0 Å². The van der Waals surface area contributed by atoms with Gasteiger partial charge >= 0.3 is 0 Å². The summed E-state index contributed by atoms with van der Waals surface area (Å²) in [5, 5.41) is 10.9. The van der Waals surface area contributed by atoms with Gasteiger partial charge in [0.05, 0.1) is 19.9 Å². The third kappa shape index (κ3) is 4.70. The van der Waals surface area contributed by atoms with Crippen molar-refractivity contribution in [3.63, 3.8) is 0 Å². The fraction of sp³-hybridized carbons (Fsp3) is 0.739. The van der Waals surface area contributed by atoms with Crippen LogP contribution in [0.4, 0.5) is 0 Å². The first kappa shape index (κ1) is 22.0. The zero-order chi connectivity index (χ0) is 20.4. The van der Waals surface area contributed by atoms with E-state index >= 15 is 0 Å². The van der Waals surface area contributed by atoms with Crippen LogP contribution in [0.25, 0.3) is 0 Å². The Morgan fingerprint density at radius 3 is 2.43 bits per heavy atom. The highest BCUT2D eigenvalue weighted by Gasteiger charge is 2.68. The zero-order valence-corrected chi connectivity index (χ0v) is 19.2. The van der Waals surface area contributed by atoms with Gasteiger partial charge in [0.25, 0.3) is 0 Å². The SMILES string of the molecule is CCCCCC[C@]1([Si](C)(C)Cc2ccccc2)O[C@H]1[C@H](O)[C@H]1COC(C)(C)O1. The molecule has 0 aliphatic carbocycles. The first-order valence-electron chi connectivity index (χ1n) is 10.9. The molecule has 2 saturated heterocycles. The van der Waals surface area contributed by atoms with E-state index in [0.29, 0.717) is 6.61 Å². The third-order valence-electron chi connectivity index (χ3n) is 6.50. The van der Waals surface area contributed by atoms with Gasteiger partial charge in [-0.25, -0.2) is 0 Å². The van der Waals surface area contributed by atoms with Gasteiger partial charge in [-0.3, -0.25) is 0 Å². The van der Waals surface area contributed by atoms with Crippen molar-refractivity contribution in [2.45, 2.75) is 101 Å². The van der Waals surface area contributed by atoms with Crippen LogP contribution in [0.3, 0.4) is 0 Å². The van der Waals surface area contributed by atoms with Gasteiger partial charge in [-0.2, -0.15) is 0 Å². The van der Waals surface area contributed by atoms with Crippen LogP contribution >= 0.6 is 0 Å². The van der Waals surface area contributed by atoms with E-state index in [1.807, 2.05) is 13.8 Å². The molecule has 0 aromatic heterocycles. The standard InChI is InChI=1S/C23H38O4Si/c1-6-7-8-12-15-23(28(4,5)17-18-13-10-9-11-14-18)21(27-23)20(24)19-16-25-22(2,3)26-19/h9-11,13-14,19-21,24H,6-8,12,15-17H2,1-5H3/t19-,20-,21+,23-/m1/s1. The number of unbranched alkanes of at least 4 members (excludes halogenated alkanes) is 3. The van der Waals surface area contributed by atoms with Crippen LogP contribution in [0.15, 0.2) is 30.3 Å². The molecule has 1 N–H and O–H groups in total. The Kier molecular flexibility index (Phi) is 6.72. The lowest BCUT2D eigenvalue weighted by atomic mass is 10.0. The monoisotopic (exact) mass is 406 g/mol. The molecule has 5 heteroatoms. The molecule has 2 aliphatic heterocycles. The molecule has 0 radical (unpaired) electrons. The molecule has 2 heterocycles. The molecule has 4 nitrogen and oxygen atoms in total. The molecule has 1 aromatic rings. The summed E-state index contributed by atoms with van der Waals surface area (Å²) >= 11 is 0. The predicted molar refractivity (Wildman–Crippen MR) is 115 cm³/mol. The average molecular weight is 407 g/mol. The highest BCUT2D eigenvalue weighted by atomic mass is 28.3. The highest BCUT2D eigenvalue weighted by Crippen LogP contribution is 2.52. The molecule has 3 rings (SSSR count). The Morgan fingerprint density at radius 2 is 1.82 bits per heavy atom. The third-order valence-corrected chi connectivity index (χ3v) is 10.7. The van der Waals surface area contributed by atoms with Crippen molar-refractivity contribution in [1.82, 2.24) is 0 Å². The van der Waals surface area contributed by atoms with Gasteiger partial charge in [-0.15, -0.1) is 0 Å². The van der Waals surface area contributed by atoms with Crippen molar-refractivity contribution in [3.05, 3.63) is 35.9 Å². The Morgan fingerprint density at radius 1 is 1.11 bits per heavy atom. The van der Waals surface area contributed by atoms with E-state index in [9.17, 15) is 5.11 Å². The fourth-order valence-corrected chi connectivity index (χ4v) is 8.57. The summed E-state index contributed by atoms with van der Waals surface area (Å²) in [5.74, 6) is -0.624. The molecule has 1 aromatic carbocycles. The fourth-order valence-electron chi connectivity index (χ4n) is 4.77. The summed E-state index contributed by atoms with van der Waals surface area (Å²) < 4.78 is 18.1. The van der Waals surface area contributed by atoms with Gasteiger partial charge in [-0.05, 0) is 26.3 Å². The maximum Gasteiger partial charge on any atom is 0.163 e. The minimum absolute atomic E-state index is 0.137. The van der Waals surface area contributed by atoms with Crippen LogP contribution in [0.5, 0.6) is 0 Å². The average Bonchev–Trinajstić information content (AvgIpc) is 3.28. The van der Waals surface area contributed by atoms with E-state index in [1.165, 1.54) is 24.8 Å². The molecule has 4 atom stereocenters. The number of benzene rings is 1. The number of hydrogen-bond acceptors (Lipinski definition) is 4. The van der Waals surface area contributed by atoms with E-state index in [4.69, 9.17) is 14.2 Å². The summed E-state index contributed by atoms with van der Waals surface area (Å²) in [5.41, 5.74) is 1.37. The van der Waals surface area contributed by atoms with Gasteiger partial charge in [0, 0.05) is 0 Å². The lowest BCUT2D eigenvalue weighted by Gasteiger charge is -2.32. The Hall–Kier alpha value is -0.723. The van der Waals surface area contributed by atoms with E-state index in [0.717, 1.165) is 18.9 Å². The molecule has 0 amide bonds. The van der Waals surface area contributed by atoms with Crippen molar-refractivity contribution in [3.8, 4) is 0 Å². The van der Waals surface area contributed by atoms with Gasteiger partial charge in [-0.1, -0.05) is 81.6 Å². The van der Waals surface area contributed by atoms with Gasteiger partial charge in [0.1, 0.15) is 18.3 Å². The molecule has 0 spiro atoms. The Balaban J connectivity index is 1.73. The summed E-state index contributed by atoms with van der Waals surface area (Å²) in [6, 6.07) is 11.8. The summed E-state index contributed by atoms with van der Waals surface area (Å²) in [6.45, 7) is 11.3. The maximum atomic E-state index is 11.1. The van der Waals surface area contributed by atoms with Crippen molar-refractivity contribution in [2.75, 3.05) is 6.61 Å². The Bertz CT molecular complexity index is 633. The molecule has 158 valence electrons. The number of rotatable bonds is 10. The van der Waals surface area contributed by atoms with Gasteiger partial charge in [0.2, 0.25) is 0 Å². The number of ether oxygens (including phenoxy) is 3. The number of aliphatic hydroxyl groups is 1. The number of aliphatic hydroxyl groups excluding tert-OH is 1. The van der Waals surface area contributed by atoms with Gasteiger partial charge < -0.3 is 19.3 Å². The molecule has 0 bridgehead atoms. The van der Waals surface area contributed by atoms with Crippen molar-refractivity contribution < 1.29 is 19.3 Å². The summed E-state index contributed by atoms with van der Waals surface area (Å²) in [6.07, 6.45) is 4.85. The smallest absolute Gasteiger partial charge is 0.163 e. The van der Waals surface area contributed by atoms with E-state index in [2.05, 4.69) is 50.3 Å². The van der Waals surface area contributed by atoms with E-state index in [-0.39, 0.29) is 17.4 Å². The van der Waals surface area contributed by atoms with Crippen molar-refractivity contribution in [2.24, 2.45) is 0 Å². The van der Waals surface area contributed by atoms with Crippen LogP contribution in [-0.4, -0.2) is 49.1 Å². The number of epoxide rings is 1. The predicted octanol–water partition coefficient (Wildman–Crippen LogP) is 4.64. The van der Waals surface area contributed by atoms with E-state index in [1.54, 1.807) is 0 Å². The maximum absolute atomic E-state index is 11.1.